The third-order valence-corrected chi connectivity index (χ3v) is 2.49. The van der Waals surface area contributed by atoms with Gasteiger partial charge in [0.05, 0.1) is 6.10 Å². The largest absolute Gasteiger partial charge is 0.480 e. The fourth-order valence-corrected chi connectivity index (χ4v) is 1.55. The Morgan fingerprint density at radius 2 is 1.93 bits per heavy atom. The molecule has 7 nitrogen and oxygen atoms in total. The van der Waals surface area contributed by atoms with E-state index in [2.05, 4.69) is 4.72 Å². The van der Waals surface area contributed by atoms with Gasteiger partial charge in [0.2, 0.25) is 0 Å². The van der Waals surface area contributed by atoms with Gasteiger partial charge in [0.25, 0.3) is 0 Å². The third kappa shape index (κ3) is 5.57. The molecular formula is C7H14N2O5S. The fourth-order valence-electron chi connectivity index (χ4n) is 0.654. The van der Waals surface area contributed by atoms with E-state index in [1.54, 1.807) is 0 Å². The molecule has 3 atom stereocenters. The van der Waals surface area contributed by atoms with Crippen molar-refractivity contribution >= 4 is 23.9 Å². The number of rotatable bonds is 7. The van der Waals surface area contributed by atoms with Crippen molar-refractivity contribution in [2.75, 3.05) is 5.75 Å². The number of carboxylic acids is 2. The number of nitrogens with two attached hydrogens (primary N) is 1. The zero-order valence-electron chi connectivity index (χ0n) is 8.08. The van der Waals surface area contributed by atoms with Crippen molar-refractivity contribution in [3.63, 3.8) is 0 Å². The summed E-state index contributed by atoms with van der Waals surface area (Å²) >= 11 is 0.858. The minimum atomic E-state index is -1.21. The normalized spacial score (nSPS) is 16.7. The van der Waals surface area contributed by atoms with Crippen LogP contribution in [0.4, 0.5) is 0 Å². The van der Waals surface area contributed by atoms with Gasteiger partial charge in [-0.05, 0) is 6.92 Å². The number of nitrogens with one attached hydrogen (secondary N) is 1. The maximum absolute atomic E-state index is 10.6. The highest BCUT2D eigenvalue weighted by molar-refractivity contribution is 7.97. The topological polar surface area (TPSA) is 133 Å². The smallest absolute Gasteiger partial charge is 0.324 e. The number of aliphatic hydroxyl groups excluding tert-OH is 1. The summed E-state index contributed by atoms with van der Waals surface area (Å²) in [5, 5.41) is 26.1. The van der Waals surface area contributed by atoms with Gasteiger partial charge in [-0.25, -0.2) is 4.72 Å². The van der Waals surface area contributed by atoms with Crippen molar-refractivity contribution in [2.45, 2.75) is 25.1 Å². The van der Waals surface area contributed by atoms with Gasteiger partial charge >= 0.3 is 11.9 Å². The van der Waals surface area contributed by atoms with Crippen LogP contribution in [0.1, 0.15) is 6.92 Å². The number of hydrogen-bond donors (Lipinski definition) is 5. The standard InChI is InChI=1S/C7H14N2O5S/c1-3(10)5(7(13)14)9-15-2-4(8)6(11)12/h3-5,9-10H,2,8H2,1H3,(H,11,12)(H,13,14)/t3-,4?,5+/m1/s1. The van der Waals surface area contributed by atoms with E-state index >= 15 is 0 Å². The zero-order chi connectivity index (χ0) is 12.0. The number of carboxylic acid groups (broad SMARTS) is 2. The third-order valence-electron chi connectivity index (χ3n) is 1.54. The minimum Gasteiger partial charge on any atom is -0.480 e. The molecule has 0 aliphatic rings. The van der Waals surface area contributed by atoms with E-state index < -0.39 is 30.1 Å². The monoisotopic (exact) mass is 238 g/mol. The Morgan fingerprint density at radius 1 is 1.40 bits per heavy atom. The molecule has 0 heterocycles. The number of hydrogen-bond acceptors (Lipinski definition) is 6. The predicted octanol–water partition coefficient (Wildman–Crippen LogP) is -1.53. The highest BCUT2D eigenvalue weighted by Crippen LogP contribution is 2.02. The first-order valence-corrected chi connectivity index (χ1v) is 5.11. The SMILES string of the molecule is C[C@@H](O)[C@H](NSCC(N)C(=O)O)C(=O)O. The Balaban J connectivity index is 3.92. The molecule has 0 aliphatic heterocycles. The molecule has 8 heteroatoms. The summed E-state index contributed by atoms with van der Waals surface area (Å²) in [4.78, 5) is 20.9. The highest BCUT2D eigenvalue weighted by atomic mass is 32.2. The van der Waals surface area contributed by atoms with Gasteiger partial charge in [-0.3, -0.25) is 9.59 Å². The number of aliphatic carboxylic acids is 2. The van der Waals surface area contributed by atoms with Crippen LogP contribution in [-0.4, -0.2) is 51.2 Å². The van der Waals surface area contributed by atoms with E-state index in [0.29, 0.717) is 0 Å². The fraction of sp³-hybridized carbons (Fsp3) is 0.714. The van der Waals surface area contributed by atoms with Crippen LogP contribution in [-0.2, 0) is 9.59 Å². The Labute approximate surface area is 90.8 Å². The Morgan fingerprint density at radius 3 is 2.27 bits per heavy atom. The van der Waals surface area contributed by atoms with Gasteiger partial charge in [0.15, 0.2) is 0 Å². The van der Waals surface area contributed by atoms with E-state index in [9.17, 15) is 9.59 Å². The second kappa shape index (κ2) is 6.62. The molecule has 0 aromatic carbocycles. The molecule has 0 radical (unpaired) electrons. The van der Waals surface area contributed by atoms with Crippen LogP contribution in [0, 0.1) is 0 Å². The number of aliphatic hydroxyl groups is 1. The van der Waals surface area contributed by atoms with Crippen LogP contribution in [0.15, 0.2) is 0 Å². The molecule has 15 heavy (non-hydrogen) atoms. The van der Waals surface area contributed by atoms with Crippen LogP contribution in [0.25, 0.3) is 0 Å². The molecule has 6 N–H and O–H groups in total. The summed E-state index contributed by atoms with van der Waals surface area (Å²) in [5.41, 5.74) is 5.18. The van der Waals surface area contributed by atoms with Gasteiger partial charge in [-0.15, -0.1) is 0 Å². The van der Waals surface area contributed by atoms with E-state index in [1.165, 1.54) is 6.92 Å². The lowest BCUT2D eigenvalue weighted by Gasteiger charge is -2.16. The van der Waals surface area contributed by atoms with Gasteiger partial charge in [0.1, 0.15) is 12.1 Å². The summed E-state index contributed by atoms with van der Waals surface area (Å²) in [6.07, 6.45) is -1.07. The van der Waals surface area contributed by atoms with Gasteiger partial charge in [-0.2, -0.15) is 0 Å². The summed E-state index contributed by atoms with van der Waals surface area (Å²) in [5.74, 6) is -2.35. The lowest BCUT2D eigenvalue weighted by atomic mass is 10.2. The first-order chi connectivity index (χ1) is 6.86. The number of carbonyl (C=O) groups is 2. The summed E-state index contributed by atoms with van der Waals surface area (Å²) in [6.45, 7) is 1.32. The summed E-state index contributed by atoms with van der Waals surface area (Å²) in [7, 11) is 0. The van der Waals surface area contributed by atoms with Gasteiger partial charge < -0.3 is 21.1 Å². The van der Waals surface area contributed by atoms with Crippen LogP contribution in [0.3, 0.4) is 0 Å². The predicted molar refractivity (Wildman–Crippen MR) is 54.3 cm³/mol. The lowest BCUT2D eigenvalue weighted by Crippen LogP contribution is -2.43. The molecule has 0 saturated heterocycles. The van der Waals surface area contributed by atoms with Gasteiger partial charge in [0, 0.05) is 5.75 Å². The van der Waals surface area contributed by atoms with Crippen molar-refractivity contribution in [1.82, 2.24) is 4.72 Å². The first-order valence-electron chi connectivity index (χ1n) is 4.12. The molecule has 0 amide bonds. The quantitative estimate of drug-likeness (QED) is 0.337. The van der Waals surface area contributed by atoms with Crippen molar-refractivity contribution in [1.29, 1.82) is 0 Å². The second-order valence-corrected chi connectivity index (χ2v) is 3.79. The molecular weight excluding hydrogens is 224 g/mol. The van der Waals surface area contributed by atoms with Crippen LogP contribution >= 0.6 is 11.9 Å². The molecule has 0 aromatic heterocycles. The van der Waals surface area contributed by atoms with E-state index in [4.69, 9.17) is 21.1 Å². The molecule has 88 valence electrons. The summed E-state index contributed by atoms with van der Waals surface area (Å²) in [6, 6.07) is -2.21. The highest BCUT2D eigenvalue weighted by Gasteiger charge is 2.23. The summed E-state index contributed by atoms with van der Waals surface area (Å²) < 4.78 is 2.43. The van der Waals surface area contributed by atoms with Crippen molar-refractivity contribution < 1.29 is 24.9 Å². The molecule has 0 bridgehead atoms. The van der Waals surface area contributed by atoms with Crippen LogP contribution < -0.4 is 10.5 Å². The lowest BCUT2D eigenvalue weighted by molar-refractivity contribution is -0.141. The molecule has 0 aromatic rings. The maximum Gasteiger partial charge on any atom is 0.324 e. The van der Waals surface area contributed by atoms with Gasteiger partial charge in [-0.1, -0.05) is 11.9 Å². The zero-order valence-corrected chi connectivity index (χ0v) is 8.90. The van der Waals surface area contributed by atoms with Crippen molar-refractivity contribution in [2.24, 2.45) is 5.73 Å². The maximum atomic E-state index is 10.6. The molecule has 1 unspecified atom stereocenters. The molecule has 0 aliphatic carbocycles. The van der Waals surface area contributed by atoms with E-state index in [0.717, 1.165) is 11.9 Å². The van der Waals surface area contributed by atoms with E-state index in [-0.39, 0.29) is 5.75 Å². The van der Waals surface area contributed by atoms with E-state index in [1.807, 2.05) is 0 Å². The van der Waals surface area contributed by atoms with Crippen LogP contribution in [0.5, 0.6) is 0 Å². The minimum absolute atomic E-state index is 0.0197. The molecule has 0 spiro atoms. The second-order valence-electron chi connectivity index (χ2n) is 2.93. The van der Waals surface area contributed by atoms with Crippen LogP contribution in [0.2, 0.25) is 0 Å². The molecule has 0 rings (SSSR count). The Hall–Kier alpha value is -0.830. The molecule has 0 saturated carbocycles. The van der Waals surface area contributed by atoms with Crippen molar-refractivity contribution in [3.05, 3.63) is 0 Å². The molecule has 0 fully saturated rings. The Bertz CT molecular complexity index is 235. The average molecular weight is 238 g/mol. The average Bonchev–Trinajstić information content (AvgIpc) is 2.10. The van der Waals surface area contributed by atoms with Crippen molar-refractivity contribution in [3.8, 4) is 0 Å². The first kappa shape index (κ1) is 14.2. The Kier molecular flexibility index (Phi) is 6.25.